The van der Waals surface area contributed by atoms with Gasteiger partial charge in [0.25, 0.3) is 0 Å². The molecule has 0 unspecified atom stereocenters. The van der Waals surface area contributed by atoms with Crippen LogP contribution in [0.5, 0.6) is 0 Å². The van der Waals surface area contributed by atoms with Gasteiger partial charge in [0.15, 0.2) is 0 Å². The van der Waals surface area contributed by atoms with Crippen LogP contribution in [0.15, 0.2) is 30.8 Å². The van der Waals surface area contributed by atoms with E-state index in [2.05, 4.69) is 68.8 Å². The minimum Gasteiger partial charge on any atom is -0.294 e. The molecule has 2 heteroatoms. The predicted octanol–water partition coefficient (Wildman–Crippen LogP) is 2.32. The van der Waals surface area contributed by atoms with Gasteiger partial charge in [0.1, 0.15) is 0 Å². The summed E-state index contributed by atoms with van der Waals surface area (Å²) in [6.45, 7) is 3.76. The Morgan fingerprint density at radius 3 is 1.94 bits per heavy atom. The average molecular weight is 218 g/mol. The third-order valence-corrected chi connectivity index (χ3v) is 2.83. The number of benzene rings is 1. The number of likely N-dealkylation sites (N-methyl/N-ethyl adjacent to an activating group) is 2. The Balaban J connectivity index is 2.73. The Kier molecular flexibility index (Phi) is 4.71. The molecular formula is C14H22N2. The summed E-state index contributed by atoms with van der Waals surface area (Å²) in [6, 6.07) is 8.59. The molecule has 0 radical (unpaired) electrons. The van der Waals surface area contributed by atoms with E-state index in [1.807, 2.05) is 6.08 Å². The molecule has 0 atom stereocenters. The maximum atomic E-state index is 3.76. The van der Waals surface area contributed by atoms with Crippen molar-refractivity contribution < 1.29 is 0 Å². The number of hydrogen-bond donors (Lipinski definition) is 0. The van der Waals surface area contributed by atoms with E-state index in [0.29, 0.717) is 6.17 Å². The molecule has 0 saturated carbocycles. The number of hydrogen-bond acceptors (Lipinski definition) is 2. The van der Waals surface area contributed by atoms with Gasteiger partial charge in [-0.3, -0.25) is 9.80 Å². The summed E-state index contributed by atoms with van der Waals surface area (Å²) in [6.07, 6.45) is 3.35. The molecule has 0 aliphatic rings. The molecule has 2 nitrogen and oxygen atoms in total. The second-order valence-corrected chi connectivity index (χ2v) is 4.56. The fraction of sp³-hybridized carbons (Fsp3) is 0.429. The third-order valence-electron chi connectivity index (χ3n) is 2.83. The first-order valence-electron chi connectivity index (χ1n) is 5.59. The number of rotatable bonds is 5. The summed E-state index contributed by atoms with van der Waals surface area (Å²) in [7, 11) is 8.46. The molecule has 1 aromatic carbocycles. The molecule has 0 heterocycles. The second kappa shape index (κ2) is 5.83. The monoisotopic (exact) mass is 218 g/mol. The zero-order valence-electron chi connectivity index (χ0n) is 10.8. The summed E-state index contributed by atoms with van der Waals surface area (Å²) in [4.78, 5) is 4.48. The molecule has 0 spiro atoms. The van der Waals surface area contributed by atoms with Crippen LogP contribution < -0.4 is 0 Å². The van der Waals surface area contributed by atoms with E-state index in [0.717, 1.165) is 6.42 Å². The van der Waals surface area contributed by atoms with E-state index in [1.165, 1.54) is 11.1 Å². The van der Waals surface area contributed by atoms with Crippen molar-refractivity contribution in [3.05, 3.63) is 42.0 Å². The Morgan fingerprint density at radius 2 is 1.56 bits per heavy atom. The maximum Gasteiger partial charge on any atom is 0.0653 e. The van der Waals surface area contributed by atoms with E-state index in [1.54, 1.807) is 0 Å². The van der Waals surface area contributed by atoms with Crippen LogP contribution in [0.25, 0.3) is 6.08 Å². The van der Waals surface area contributed by atoms with Crippen molar-refractivity contribution in [3.8, 4) is 0 Å². The predicted molar refractivity (Wildman–Crippen MR) is 71.4 cm³/mol. The Hall–Kier alpha value is -1.12. The first-order chi connectivity index (χ1) is 7.54. The highest BCUT2D eigenvalue weighted by molar-refractivity contribution is 5.47. The second-order valence-electron chi connectivity index (χ2n) is 4.56. The highest BCUT2D eigenvalue weighted by Crippen LogP contribution is 2.11. The van der Waals surface area contributed by atoms with Crippen LogP contribution in [0.2, 0.25) is 0 Å². The number of nitrogens with zero attached hydrogens (tertiary/aromatic N) is 2. The first kappa shape index (κ1) is 12.9. The van der Waals surface area contributed by atoms with Gasteiger partial charge >= 0.3 is 0 Å². The molecule has 1 aromatic rings. The Bertz CT molecular complexity index is 317. The van der Waals surface area contributed by atoms with Gasteiger partial charge in [-0.25, -0.2) is 0 Å². The van der Waals surface area contributed by atoms with Gasteiger partial charge in [-0.2, -0.15) is 0 Å². The van der Waals surface area contributed by atoms with Crippen molar-refractivity contribution in [2.24, 2.45) is 0 Å². The van der Waals surface area contributed by atoms with Gasteiger partial charge in [-0.05, 0) is 39.3 Å². The molecule has 0 aliphatic heterocycles. The Labute approximate surface area is 99.2 Å². The van der Waals surface area contributed by atoms with E-state index in [9.17, 15) is 0 Å². The zero-order chi connectivity index (χ0) is 12.1. The third kappa shape index (κ3) is 3.47. The summed E-state index contributed by atoms with van der Waals surface area (Å²) < 4.78 is 0. The summed E-state index contributed by atoms with van der Waals surface area (Å²) in [5.41, 5.74) is 2.54. The largest absolute Gasteiger partial charge is 0.294 e. The van der Waals surface area contributed by atoms with Gasteiger partial charge in [0, 0.05) is 6.42 Å². The minimum absolute atomic E-state index is 0.439. The molecule has 88 valence electrons. The Morgan fingerprint density at radius 1 is 1.06 bits per heavy atom. The lowest BCUT2D eigenvalue weighted by molar-refractivity contribution is 0.129. The highest BCUT2D eigenvalue weighted by Gasteiger charge is 2.13. The summed E-state index contributed by atoms with van der Waals surface area (Å²) in [5.74, 6) is 0. The molecule has 0 fully saturated rings. The van der Waals surface area contributed by atoms with Crippen molar-refractivity contribution in [2.75, 3.05) is 28.2 Å². The standard InChI is InChI=1S/C14H22N2/c1-6-12-7-9-13(10-8-12)11-14(15(2)3)16(4)5/h6-10,14H,1,11H2,2-5H3. The van der Waals surface area contributed by atoms with Gasteiger partial charge in [-0.1, -0.05) is 36.9 Å². The van der Waals surface area contributed by atoms with Gasteiger partial charge in [-0.15, -0.1) is 0 Å². The van der Waals surface area contributed by atoms with Crippen LogP contribution in [-0.4, -0.2) is 44.2 Å². The van der Waals surface area contributed by atoms with Crippen LogP contribution in [0.4, 0.5) is 0 Å². The van der Waals surface area contributed by atoms with E-state index >= 15 is 0 Å². The maximum absolute atomic E-state index is 3.76. The molecule has 0 N–H and O–H groups in total. The molecule has 1 rings (SSSR count). The van der Waals surface area contributed by atoms with E-state index in [4.69, 9.17) is 0 Å². The van der Waals surface area contributed by atoms with Crippen molar-refractivity contribution in [1.29, 1.82) is 0 Å². The molecule has 0 aromatic heterocycles. The highest BCUT2D eigenvalue weighted by atomic mass is 15.3. The fourth-order valence-corrected chi connectivity index (χ4v) is 1.83. The van der Waals surface area contributed by atoms with Crippen LogP contribution >= 0.6 is 0 Å². The van der Waals surface area contributed by atoms with Crippen molar-refractivity contribution in [2.45, 2.75) is 12.6 Å². The summed E-state index contributed by atoms with van der Waals surface area (Å²) >= 11 is 0. The molecule has 0 saturated heterocycles. The molecular weight excluding hydrogens is 196 g/mol. The quantitative estimate of drug-likeness (QED) is 0.700. The average Bonchev–Trinajstić information content (AvgIpc) is 2.25. The van der Waals surface area contributed by atoms with Crippen LogP contribution in [0.1, 0.15) is 11.1 Å². The molecule has 0 aliphatic carbocycles. The lowest BCUT2D eigenvalue weighted by Gasteiger charge is -2.30. The van der Waals surface area contributed by atoms with Gasteiger partial charge < -0.3 is 0 Å². The summed E-state index contributed by atoms with van der Waals surface area (Å²) in [5, 5.41) is 0. The van der Waals surface area contributed by atoms with Crippen molar-refractivity contribution in [3.63, 3.8) is 0 Å². The normalized spacial score (nSPS) is 11.4. The van der Waals surface area contributed by atoms with Crippen molar-refractivity contribution >= 4 is 6.08 Å². The molecule has 0 bridgehead atoms. The molecule has 16 heavy (non-hydrogen) atoms. The lowest BCUT2D eigenvalue weighted by atomic mass is 10.1. The topological polar surface area (TPSA) is 6.48 Å². The van der Waals surface area contributed by atoms with Gasteiger partial charge in [0.2, 0.25) is 0 Å². The lowest BCUT2D eigenvalue weighted by Crippen LogP contribution is -2.42. The van der Waals surface area contributed by atoms with Gasteiger partial charge in [0.05, 0.1) is 6.17 Å². The SMILES string of the molecule is C=Cc1ccc(CC(N(C)C)N(C)C)cc1. The van der Waals surface area contributed by atoms with Crippen LogP contribution in [0, 0.1) is 0 Å². The smallest absolute Gasteiger partial charge is 0.0653 e. The zero-order valence-corrected chi connectivity index (χ0v) is 10.8. The minimum atomic E-state index is 0.439. The van der Waals surface area contributed by atoms with E-state index in [-0.39, 0.29) is 0 Å². The first-order valence-corrected chi connectivity index (χ1v) is 5.59. The van der Waals surface area contributed by atoms with Crippen LogP contribution in [0.3, 0.4) is 0 Å². The molecule has 0 amide bonds. The van der Waals surface area contributed by atoms with E-state index < -0.39 is 0 Å². The van der Waals surface area contributed by atoms with Crippen molar-refractivity contribution in [1.82, 2.24) is 9.80 Å². The fourth-order valence-electron chi connectivity index (χ4n) is 1.83. The van der Waals surface area contributed by atoms with Crippen LogP contribution in [-0.2, 0) is 6.42 Å².